The standard InChI is InChI=1S/C27H25F3N8O2/c28-27(29,30)22-6-3-5-19(32-22)13-31-26(39)21-14-38(37-35-21)10-2-1-4-18-12-20-23(17-9-11-40-15-17)24(16-7-8-16)33-25(20)36-34-18/h3,5-6,9,11-12,14-16H,1-2,4,7-8,10,13H2,(H,31,39)(H,33,36). The number of furan rings is 1. The summed E-state index contributed by atoms with van der Waals surface area (Å²) >= 11 is 0. The van der Waals surface area contributed by atoms with Crippen LogP contribution in [0.1, 0.15) is 64.9 Å². The van der Waals surface area contributed by atoms with Crippen LogP contribution in [0.2, 0.25) is 0 Å². The molecule has 0 radical (unpaired) electrons. The van der Waals surface area contributed by atoms with Gasteiger partial charge in [-0.3, -0.25) is 9.48 Å². The number of hydrogen-bond donors (Lipinski definition) is 2. The molecule has 6 rings (SSSR count). The topological polar surface area (TPSA) is 127 Å². The molecule has 0 unspecified atom stereocenters. The third kappa shape index (κ3) is 5.58. The maximum atomic E-state index is 12.8. The van der Waals surface area contributed by atoms with Crippen molar-refractivity contribution >= 4 is 16.9 Å². The Labute approximate surface area is 226 Å². The Balaban J connectivity index is 1.02. The van der Waals surface area contributed by atoms with Gasteiger partial charge in [-0.2, -0.15) is 18.3 Å². The Morgan fingerprint density at radius 3 is 2.77 bits per heavy atom. The maximum absolute atomic E-state index is 12.8. The number of amides is 1. The summed E-state index contributed by atoms with van der Waals surface area (Å²) in [6, 6.07) is 7.59. The molecule has 5 heterocycles. The molecule has 1 aliphatic carbocycles. The number of aromatic nitrogens is 7. The average Bonchev–Trinajstić information content (AvgIpc) is 3.30. The van der Waals surface area contributed by atoms with Crippen LogP contribution >= 0.6 is 0 Å². The number of rotatable bonds is 10. The second kappa shape index (κ2) is 10.5. The van der Waals surface area contributed by atoms with Gasteiger partial charge in [0.15, 0.2) is 11.3 Å². The van der Waals surface area contributed by atoms with Crippen molar-refractivity contribution in [2.24, 2.45) is 0 Å². The van der Waals surface area contributed by atoms with Crippen molar-refractivity contribution in [1.82, 2.24) is 40.5 Å². The predicted molar refractivity (Wildman–Crippen MR) is 137 cm³/mol. The first-order valence-corrected chi connectivity index (χ1v) is 13.0. The molecule has 1 aliphatic rings. The number of fused-ring (bicyclic) bond motifs is 1. The van der Waals surface area contributed by atoms with Crippen LogP contribution in [0.15, 0.2) is 53.5 Å². The van der Waals surface area contributed by atoms with E-state index in [1.54, 1.807) is 17.2 Å². The zero-order valence-electron chi connectivity index (χ0n) is 21.3. The summed E-state index contributed by atoms with van der Waals surface area (Å²) in [7, 11) is 0. The molecule has 1 amide bonds. The lowest BCUT2D eigenvalue weighted by Gasteiger charge is -2.08. The van der Waals surface area contributed by atoms with Gasteiger partial charge in [-0.25, -0.2) is 4.98 Å². The highest BCUT2D eigenvalue weighted by molar-refractivity contribution is 5.96. The Kier molecular flexibility index (Phi) is 6.78. The van der Waals surface area contributed by atoms with Gasteiger partial charge in [-0.05, 0) is 62.3 Å². The largest absolute Gasteiger partial charge is 0.472 e. The monoisotopic (exact) mass is 550 g/mol. The summed E-state index contributed by atoms with van der Waals surface area (Å²) in [5.41, 5.74) is 4.19. The average molecular weight is 551 g/mol. The second-order valence-corrected chi connectivity index (χ2v) is 9.82. The van der Waals surface area contributed by atoms with Crippen LogP contribution in [-0.4, -0.2) is 41.1 Å². The minimum absolute atomic E-state index is 0.0778. The molecule has 10 nitrogen and oxygen atoms in total. The van der Waals surface area contributed by atoms with E-state index in [2.05, 4.69) is 41.9 Å². The molecule has 5 aromatic heterocycles. The molecule has 2 N–H and O–H groups in total. The molecule has 206 valence electrons. The van der Waals surface area contributed by atoms with Gasteiger partial charge in [0.1, 0.15) is 5.69 Å². The fraction of sp³-hybridized carbons (Fsp3) is 0.333. The van der Waals surface area contributed by atoms with Crippen LogP contribution in [0.4, 0.5) is 13.2 Å². The van der Waals surface area contributed by atoms with E-state index in [1.165, 1.54) is 24.0 Å². The van der Waals surface area contributed by atoms with Gasteiger partial charge in [0.05, 0.1) is 36.7 Å². The van der Waals surface area contributed by atoms with Gasteiger partial charge in [0.2, 0.25) is 0 Å². The zero-order chi connectivity index (χ0) is 27.7. The molecule has 40 heavy (non-hydrogen) atoms. The van der Waals surface area contributed by atoms with E-state index in [0.29, 0.717) is 12.5 Å². The number of carbonyl (C=O) groups is 1. The van der Waals surface area contributed by atoms with E-state index in [0.717, 1.165) is 66.0 Å². The van der Waals surface area contributed by atoms with Gasteiger partial charge in [0, 0.05) is 28.8 Å². The quantitative estimate of drug-likeness (QED) is 0.233. The lowest BCUT2D eigenvalue weighted by Crippen LogP contribution is -2.24. The van der Waals surface area contributed by atoms with Crippen molar-refractivity contribution in [2.75, 3.05) is 0 Å². The van der Waals surface area contributed by atoms with Crippen molar-refractivity contribution in [3.8, 4) is 11.1 Å². The van der Waals surface area contributed by atoms with Gasteiger partial charge >= 0.3 is 6.18 Å². The third-order valence-corrected chi connectivity index (χ3v) is 6.80. The second-order valence-electron chi connectivity index (χ2n) is 9.82. The van der Waals surface area contributed by atoms with Crippen molar-refractivity contribution in [3.05, 3.63) is 77.5 Å². The van der Waals surface area contributed by atoms with Gasteiger partial charge in [-0.1, -0.05) is 11.3 Å². The van der Waals surface area contributed by atoms with Crippen molar-refractivity contribution in [2.45, 2.75) is 57.3 Å². The molecule has 0 bridgehead atoms. The van der Waals surface area contributed by atoms with E-state index >= 15 is 0 Å². The highest BCUT2D eigenvalue weighted by atomic mass is 19.4. The number of H-pyrrole nitrogens is 1. The number of hydrogen-bond acceptors (Lipinski definition) is 7. The molecule has 0 saturated heterocycles. The molecular formula is C27H25F3N8O2. The molecule has 0 aromatic carbocycles. The molecular weight excluding hydrogens is 525 g/mol. The minimum Gasteiger partial charge on any atom is -0.472 e. The molecule has 1 saturated carbocycles. The molecule has 0 spiro atoms. The van der Waals surface area contributed by atoms with E-state index in [-0.39, 0.29) is 17.9 Å². The first-order valence-electron chi connectivity index (χ1n) is 13.0. The minimum atomic E-state index is -4.55. The summed E-state index contributed by atoms with van der Waals surface area (Å²) in [5.74, 6) is -0.0195. The van der Waals surface area contributed by atoms with Crippen LogP contribution in [0.3, 0.4) is 0 Å². The van der Waals surface area contributed by atoms with E-state index < -0.39 is 17.8 Å². The van der Waals surface area contributed by atoms with Crippen molar-refractivity contribution in [1.29, 1.82) is 0 Å². The number of nitrogens with zero attached hydrogens (tertiary/aromatic N) is 6. The number of carbonyl (C=O) groups excluding carboxylic acids is 1. The number of halogens is 3. The van der Waals surface area contributed by atoms with E-state index in [1.807, 2.05) is 6.07 Å². The van der Waals surface area contributed by atoms with Crippen LogP contribution in [-0.2, 0) is 25.7 Å². The Hall–Kier alpha value is -4.55. The summed E-state index contributed by atoms with van der Waals surface area (Å²) < 4.78 is 45.4. The van der Waals surface area contributed by atoms with Gasteiger partial charge < -0.3 is 14.7 Å². The summed E-state index contributed by atoms with van der Waals surface area (Å²) in [4.78, 5) is 19.4. The van der Waals surface area contributed by atoms with E-state index in [9.17, 15) is 18.0 Å². The molecule has 5 aromatic rings. The Bertz CT molecular complexity index is 1640. The first-order chi connectivity index (χ1) is 19.3. The van der Waals surface area contributed by atoms with Crippen molar-refractivity contribution < 1.29 is 22.4 Å². The Morgan fingerprint density at radius 2 is 2.00 bits per heavy atom. The predicted octanol–water partition coefficient (Wildman–Crippen LogP) is 5.05. The highest BCUT2D eigenvalue weighted by Crippen LogP contribution is 2.46. The number of alkyl halides is 3. The summed E-state index contributed by atoms with van der Waals surface area (Å²) in [5, 5.41) is 20.3. The fourth-order valence-corrected chi connectivity index (χ4v) is 4.66. The smallest absolute Gasteiger partial charge is 0.433 e. The van der Waals surface area contributed by atoms with Crippen LogP contribution < -0.4 is 5.32 Å². The summed E-state index contributed by atoms with van der Waals surface area (Å²) in [6.07, 6.45) is 5.04. The third-order valence-electron chi connectivity index (χ3n) is 6.80. The molecule has 0 atom stereocenters. The number of pyridine rings is 1. The summed E-state index contributed by atoms with van der Waals surface area (Å²) in [6.45, 7) is 0.383. The number of aryl methyl sites for hydroxylation is 2. The lowest BCUT2D eigenvalue weighted by molar-refractivity contribution is -0.141. The Morgan fingerprint density at radius 1 is 1.12 bits per heavy atom. The van der Waals surface area contributed by atoms with E-state index in [4.69, 9.17) is 4.42 Å². The van der Waals surface area contributed by atoms with Crippen LogP contribution in [0, 0.1) is 0 Å². The first kappa shape index (κ1) is 25.7. The number of aromatic amines is 1. The SMILES string of the molecule is O=C(NCc1cccc(C(F)(F)F)n1)c1cn(CCCCc2cc3c(-c4ccoc4)c(C4CC4)[nH]c3nn2)nn1. The van der Waals surface area contributed by atoms with Crippen molar-refractivity contribution in [3.63, 3.8) is 0 Å². The van der Waals surface area contributed by atoms with Gasteiger partial charge in [0.25, 0.3) is 5.91 Å². The normalized spacial score (nSPS) is 13.7. The van der Waals surface area contributed by atoms with Crippen LogP contribution in [0.5, 0.6) is 0 Å². The molecule has 0 aliphatic heterocycles. The molecule has 13 heteroatoms. The fourth-order valence-electron chi connectivity index (χ4n) is 4.66. The zero-order valence-corrected chi connectivity index (χ0v) is 21.3. The highest BCUT2D eigenvalue weighted by Gasteiger charge is 2.32. The molecule has 1 fully saturated rings. The lowest BCUT2D eigenvalue weighted by atomic mass is 10.0. The number of unbranched alkanes of at least 4 members (excludes halogenated alkanes) is 1. The van der Waals surface area contributed by atoms with Gasteiger partial charge in [-0.15, -0.1) is 10.2 Å². The maximum Gasteiger partial charge on any atom is 0.433 e. The number of nitrogens with one attached hydrogen (secondary N) is 2. The van der Waals surface area contributed by atoms with Crippen LogP contribution in [0.25, 0.3) is 22.2 Å².